The van der Waals surface area contributed by atoms with Crippen molar-refractivity contribution in [1.29, 1.82) is 0 Å². The van der Waals surface area contributed by atoms with Crippen LogP contribution in [0.3, 0.4) is 0 Å². The zero-order valence-electron chi connectivity index (χ0n) is 17.1. The van der Waals surface area contributed by atoms with Crippen molar-refractivity contribution >= 4 is 40.7 Å². The maximum atomic E-state index is 13.1. The summed E-state index contributed by atoms with van der Waals surface area (Å²) >= 11 is 12.2. The first-order valence-electron chi connectivity index (χ1n) is 10.4. The van der Waals surface area contributed by atoms with E-state index in [1.807, 2.05) is 6.92 Å². The molecule has 0 radical (unpaired) electrons. The monoisotopic (exact) mass is 459 g/mol. The van der Waals surface area contributed by atoms with Gasteiger partial charge in [-0.05, 0) is 55.7 Å². The molecule has 1 N–H and O–H groups in total. The highest BCUT2D eigenvalue weighted by molar-refractivity contribution is 6.46. The molecule has 2 aromatic rings. The highest BCUT2D eigenvalue weighted by Crippen LogP contribution is 2.44. The maximum Gasteiger partial charge on any atom is 0.295 e. The second-order valence-corrected chi connectivity index (χ2v) is 8.62. The number of halogens is 2. The zero-order chi connectivity index (χ0) is 22.1. The van der Waals surface area contributed by atoms with Crippen molar-refractivity contribution in [2.24, 2.45) is 0 Å². The Balaban J connectivity index is 1.87. The van der Waals surface area contributed by atoms with E-state index in [1.54, 1.807) is 47.4 Å². The molecule has 5 nitrogen and oxygen atoms in total. The molecule has 1 saturated carbocycles. The zero-order valence-corrected chi connectivity index (χ0v) is 18.6. The molecule has 1 unspecified atom stereocenters. The fraction of sp³-hybridized carbons (Fsp3) is 0.333. The molecule has 1 atom stereocenters. The molecule has 0 spiro atoms. The van der Waals surface area contributed by atoms with Gasteiger partial charge in [0, 0.05) is 16.6 Å². The van der Waals surface area contributed by atoms with Crippen molar-refractivity contribution in [3.8, 4) is 5.75 Å². The summed E-state index contributed by atoms with van der Waals surface area (Å²) in [6.45, 7) is 2.23. The van der Waals surface area contributed by atoms with Gasteiger partial charge in [-0.25, -0.2) is 0 Å². The number of rotatable bonds is 5. The van der Waals surface area contributed by atoms with Gasteiger partial charge in [-0.15, -0.1) is 0 Å². The number of carbonyl (C=O) groups is 2. The van der Waals surface area contributed by atoms with E-state index in [4.69, 9.17) is 27.9 Å². The summed E-state index contributed by atoms with van der Waals surface area (Å²) in [6.07, 6.45) is 3.70. The van der Waals surface area contributed by atoms with E-state index in [2.05, 4.69) is 0 Å². The minimum Gasteiger partial charge on any atom is -0.507 e. The van der Waals surface area contributed by atoms with E-state index in [0.29, 0.717) is 28.0 Å². The lowest BCUT2D eigenvalue weighted by Gasteiger charge is -2.30. The van der Waals surface area contributed by atoms with E-state index in [1.165, 1.54) is 0 Å². The van der Waals surface area contributed by atoms with Gasteiger partial charge in [0.1, 0.15) is 11.5 Å². The smallest absolute Gasteiger partial charge is 0.295 e. The number of aliphatic hydroxyl groups is 1. The Bertz CT molecular complexity index is 1040. The van der Waals surface area contributed by atoms with Crippen LogP contribution in [0.2, 0.25) is 10.0 Å². The number of Topliss-reactive ketones (excluding diaryl/α,β-unsaturated/α-hetero) is 1. The fourth-order valence-corrected chi connectivity index (χ4v) is 4.75. The first kappa shape index (κ1) is 21.7. The summed E-state index contributed by atoms with van der Waals surface area (Å²) in [5, 5.41) is 12.2. The standard InChI is InChI=1S/C24H23Cl2NO4/c1-2-31-19-13-15(9-12-18(19)26)22(28)20-21(14-7-10-16(25)11-8-14)27(24(30)23(20)29)17-5-3-4-6-17/h7-13,17,21,28H,2-6H2,1H3/b22-20-. The van der Waals surface area contributed by atoms with Crippen LogP contribution in [-0.4, -0.2) is 34.3 Å². The average Bonchev–Trinajstić information content (AvgIpc) is 3.37. The van der Waals surface area contributed by atoms with Crippen LogP contribution in [0, 0.1) is 0 Å². The second-order valence-electron chi connectivity index (χ2n) is 7.77. The Morgan fingerprint density at radius 1 is 1.10 bits per heavy atom. The van der Waals surface area contributed by atoms with E-state index in [9.17, 15) is 14.7 Å². The number of likely N-dealkylation sites (tertiary alicyclic amines) is 1. The van der Waals surface area contributed by atoms with Crippen LogP contribution in [0.5, 0.6) is 5.75 Å². The third-order valence-electron chi connectivity index (χ3n) is 5.89. The van der Waals surface area contributed by atoms with Crippen molar-refractivity contribution in [2.45, 2.75) is 44.7 Å². The third-order valence-corrected chi connectivity index (χ3v) is 6.45. The molecular formula is C24H23Cl2NO4. The number of ether oxygens (including phenoxy) is 1. The number of aliphatic hydroxyl groups excluding tert-OH is 1. The SMILES string of the molecule is CCOc1cc(/C(O)=C2/C(=O)C(=O)N(C3CCCC3)C2c2ccc(Cl)cc2)ccc1Cl. The Hall–Kier alpha value is -2.50. The molecular weight excluding hydrogens is 437 g/mol. The van der Waals surface area contributed by atoms with E-state index in [0.717, 1.165) is 31.2 Å². The van der Waals surface area contributed by atoms with Crippen LogP contribution in [0.4, 0.5) is 0 Å². The number of amides is 1. The van der Waals surface area contributed by atoms with Gasteiger partial charge in [0.15, 0.2) is 0 Å². The van der Waals surface area contributed by atoms with Crippen LogP contribution >= 0.6 is 23.2 Å². The first-order valence-corrected chi connectivity index (χ1v) is 11.2. The molecule has 4 rings (SSSR count). The largest absolute Gasteiger partial charge is 0.507 e. The molecule has 1 aliphatic carbocycles. The number of hydrogen-bond donors (Lipinski definition) is 1. The van der Waals surface area contributed by atoms with Crippen LogP contribution in [0.25, 0.3) is 5.76 Å². The Morgan fingerprint density at radius 2 is 1.77 bits per heavy atom. The fourth-order valence-electron chi connectivity index (χ4n) is 4.45. The molecule has 7 heteroatoms. The van der Waals surface area contributed by atoms with Crippen LogP contribution < -0.4 is 4.74 Å². The molecule has 1 amide bonds. The molecule has 2 aliphatic rings. The van der Waals surface area contributed by atoms with Crippen LogP contribution in [0.15, 0.2) is 48.0 Å². The first-order chi connectivity index (χ1) is 14.9. The lowest BCUT2D eigenvalue weighted by atomic mass is 9.94. The average molecular weight is 460 g/mol. The van der Waals surface area contributed by atoms with Gasteiger partial charge in [-0.3, -0.25) is 9.59 Å². The Morgan fingerprint density at radius 3 is 2.42 bits per heavy atom. The van der Waals surface area contributed by atoms with Gasteiger partial charge >= 0.3 is 0 Å². The van der Waals surface area contributed by atoms with Gasteiger partial charge in [-0.1, -0.05) is 48.2 Å². The summed E-state index contributed by atoms with van der Waals surface area (Å²) < 4.78 is 5.52. The number of nitrogens with zero attached hydrogens (tertiary/aromatic N) is 1. The molecule has 1 aliphatic heterocycles. The van der Waals surface area contributed by atoms with Crippen molar-refractivity contribution in [3.05, 3.63) is 69.2 Å². The third kappa shape index (κ3) is 4.04. The van der Waals surface area contributed by atoms with E-state index >= 15 is 0 Å². The molecule has 2 fully saturated rings. The summed E-state index contributed by atoms with van der Waals surface area (Å²) in [5.74, 6) is -1.10. The van der Waals surface area contributed by atoms with Crippen molar-refractivity contribution < 1.29 is 19.4 Å². The summed E-state index contributed by atoms with van der Waals surface area (Å²) in [7, 11) is 0. The van der Waals surface area contributed by atoms with Crippen molar-refractivity contribution in [3.63, 3.8) is 0 Å². The minimum absolute atomic E-state index is 0.0355. The predicted octanol–water partition coefficient (Wildman–Crippen LogP) is 5.76. The van der Waals surface area contributed by atoms with Gasteiger partial charge in [0.25, 0.3) is 11.7 Å². The quantitative estimate of drug-likeness (QED) is 0.350. The molecule has 1 saturated heterocycles. The Kier molecular flexibility index (Phi) is 6.26. The van der Waals surface area contributed by atoms with E-state index in [-0.39, 0.29) is 17.4 Å². The van der Waals surface area contributed by atoms with Crippen molar-refractivity contribution in [1.82, 2.24) is 4.90 Å². The minimum atomic E-state index is -0.683. The molecule has 0 aromatic heterocycles. The van der Waals surface area contributed by atoms with Crippen molar-refractivity contribution in [2.75, 3.05) is 6.61 Å². The molecule has 162 valence electrons. The molecule has 1 heterocycles. The summed E-state index contributed by atoms with van der Waals surface area (Å²) in [5.41, 5.74) is 1.18. The topological polar surface area (TPSA) is 66.8 Å². The second kappa shape index (κ2) is 8.93. The van der Waals surface area contributed by atoms with E-state index < -0.39 is 17.7 Å². The summed E-state index contributed by atoms with van der Waals surface area (Å²) in [4.78, 5) is 27.8. The molecule has 31 heavy (non-hydrogen) atoms. The van der Waals surface area contributed by atoms with Gasteiger partial charge < -0.3 is 14.7 Å². The molecule has 0 bridgehead atoms. The normalized spacial score (nSPS) is 21.1. The number of benzene rings is 2. The number of carbonyl (C=O) groups excluding carboxylic acids is 2. The number of ketones is 1. The predicted molar refractivity (Wildman–Crippen MR) is 120 cm³/mol. The highest BCUT2D eigenvalue weighted by atomic mass is 35.5. The molecule has 2 aromatic carbocycles. The summed E-state index contributed by atoms with van der Waals surface area (Å²) in [6, 6.07) is 11.1. The lowest BCUT2D eigenvalue weighted by Crippen LogP contribution is -2.37. The van der Waals surface area contributed by atoms with Gasteiger partial charge in [0.05, 0.1) is 23.2 Å². The van der Waals surface area contributed by atoms with Gasteiger partial charge in [0.2, 0.25) is 0 Å². The number of hydrogen-bond acceptors (Lipinski definition) is 4. The van der Waals surface area contributed by atoms with Crippen LogP contribution in [-0.2, 0) is 9.59 Å². The van der Waals surface area contributed by atoms with Crippen LogP contribution in [0.1, 0.15) is 49.8 Å². The highest BCUT2D eigenvalue weighted by Gasteiger charge is 2.49. The Labute approximate surface area is 191 Å². The maximum absolute atomic E-state index is 13.1. The van der Waals surface area contributed by atoms with Gasteiger partial charge in [-0.2, -0.15) is 0 Å². The lowest BCUT2D eigenvalue weighted by molar-refractivity contribution is -0.141.